The van der Waals surface area contributed by atoms with Crippen LogP contribution in [0.1, 0.15) is 16.8 Å². The number of hydrogen-bond acceptors (Lipinski definition) is 5. The van der Waals surface area contributed by atoms with Gasteiger partial charge in [-0.2, -0.15) is 0 Å². The van der Waals surface area contributed by atoms with E-state index in [1.165, 1.54) is 4.90 Å². The van der Waals surface area contributed by atoms with E-state index in [0.717, 1.165) is 6.42 Å². The predicted octanol–water partition coefficient (Wildman–Crippen LogP) is 3.27. The number of carbonyl (C=O) groups is 3. The molecule has 1 heterocycles. The van der Waals surface area contributed by atoms with E-state index < -0.39 is 0 Å². The molecule has 2 fully saturated rings. The Balaban J connectivity index is 1.31. The third-order valence-electron chi connectivity index (χ3n) is 6.31. The van der Waals surface area contributed by atoms with Crippen molar-refractivity contribution in [1.82, 2.24) is 0 Å². The van der Waals surface area contributed by atoms with E-state index in [-0.39, 0.29) is 47.9 Å². The second kappa shape index (κ2) is 7.13. The Kier molecular flexibility index (Phi) is 4.42. The highest BCUT2D eigenvalue weighted by Crippen LogP contribution is 2.53. The van der Waals surface area contributed by atoms with Gasteiger partial charge in [0.05, 0.1) is 24.6 Å². The predicted molar refractivity (Wildman–Crippen MR) is 109 cm³/mol. The standard InChI is InChI=1S/C24H21NO5/c1-29-18-6-2-4-14(11-18)20(26)13-30-19-7-3-5-17(12-19)25-23(27)21-15-8-9-16(10-15)22(21)24(25)28/h2-9,11-12,15-16,21-22H,10,13H2,1H3/t15-,16-,21-,22-/m0/s1. The van der Waals surface area contributed by atoms with Gasteiger partial charge in [-0.1, -0.05) is 30.4 Å². The van der Waals surface area contributed by atoms with Gasteiger partial charge in [0.15, 0.2) is 12.4 Å². The van der Waals surface area contributed by atoms with Gasteiger partial charge < -0.3 is 9.47 Å². The zero-order valence-electron chi connectivity index (χ0n) is 16.5. The molecule has 6 nitrogen and oxygen atoms in total. The molecule has 0 N–H and O–H groups in total. The zero-order valence-corrected chi connectivity index (χ0v) is 16.5. The Hall–Kier alpha value is -3.41. The molecule has 30 heavy (non-hydrogen) atoms. The van der Waals surface area contributed by atoms with Gasteiger partial charge in [-0.25, -0.2) is 4.90 Å². The molecule has 1 aliphatic heterocycles. The Morgan fingerprint density at radius 1 is 0.967 bits per heavy atom. The van der Waals surface area contributed by atoms with Gasteiger partial charge in [0, 0.05) is 11.6 Å². The normalized spacial score (nSPS) is 26.2. The summed E-state index contributed by atoms with van der Waals surface area (Å²) in [6, 6.07) is 13.7. The van der Waals surface area contributed by atoms with Gasteiger partial charge >= 0.3 is 0 Å². The number of anilines is 1. The molecular weight excluding hydrogens is 382 g/mol. The average molecular weight is 403 g/mol. The molecule has 6 heteroatoms. The highest BCUT2D eigenvalue weighted by Gasteiger charge is 2.59. The summed E-state index contributed by atoms with van der Waals surface area (Å²) in [6.07, 6.45) is 5.05. The molecule has 2 amide bonds. The van der Waals surface area contributed by atoms with Crippen LogP contribution in [0.5, 0.6) is 11.5 Å². The fourth-order valence-electron chi connectivity index (χ4n) is 4.90. The van der Waals surface area contributed by atoms with Crippen LogP contribution in [0.2, 0.25) is 0 Å². The summed E-state index contributed by atoms with van der Waals surface area (Å²) in [5.74, 6) is 0.425. The molecule has 0 unspecified atom stereocenters. The van der Waals surface area contributed by atoms with E-state index in [9.17, 15) is 14.4 Å². The number of amides is 2. The van der Waals surface area contributed by atoms with Gasteiger partial charge in [-0.05, 0) is 42.5 Å². The third kappa shape index (κ3) is 2.91. The quantitative estimate of drug-likeness (QED) is 0.421. The maximum atomic E-state index is 13.0. The second-order valence-corrected chi connectivity index (χ2v) is 7.95. The molecule has 1 saturated heterocycles. The number of allylic oxidation sites excluding steroid dienone is 2. The molecule has 1 saturated carbocycles. The highest BCUT2D eigenvalue weighted by molar-refractivity contribution is 6.22. The van der Waals surface area contributed by atoms with Crippen LogP contribution in [-0.2, 0) is 9.59 Å². The van der Waals surface area contributed by atoms with E-state index in [1.807, 2.05) is 0 Å². The molecule has 2 aromatic carbocycles. The third-order valence-corrected chi connectivity index (χ3v) is 6.31. The molecule has 5 rings (SSSR count). The van der Waals surface area contributed by atoms with Gasteiger partial charge in [-0.3, -0.25) is 14.4 Å². The van der Waals surface area contributed by atoms with Crippen molar-refractivity contribution in [3.05, 3.63) is 66.2 Å². The van der Waals surface area contributed by atoms with Crippen molar-refractivity contribution >= 4 is 23.3 Å². The molecule has 0 spiro atoms. The smallest absolute Gasteiger partial charge is 0.238 e. The number of rotatable bonds is 6. The maximum absolute atomic E-state index is 13.0. The van der Waals surface area contributed by atoms with Gasteiger partial charge in [0.2, 0.25) is 11.8 Å². The monoisotopic (exact) mass is 403 g/mol. The molecule has 152 valence electrons. The van der Waals surface area contributed by atoms with E-state index >= 15 is 0 Å². The van der Waals surface area contributed by atoms with Crippen LogP contribution >= 0.6 is 0 Å². The largest absolute Gasteiger partial charge is 0.497 e. The van der Waals surface area contributed by atoms with Crippen LogP contribution in [0.3, 0.4) is 0 Å². The van der Waals surface area contributed by atoms with Crippen molar-refractivity contribution in [1.29, 1.82) is 0 Å². The number of fused-ring (bicyclic) bond motifs is 5. The Labute approximate surface area is 174 Å². The Morgan fingerprint density at radius 3 is 2.33 bits per heavy atom. The first-order chi connectivity index (χ1) is 14.6. The SMILES string of the molecule is COc1cccc(C(=O)COc2cccc(N3C(=O)[C@@H]4[C@@H](C3=O)[C@H]3C=C[C@H]4C3)c2)c1. The number of Topliss-reactive ketones (excluding diaryl/α,β-unsaturated/α-hetero) is 1. The lowest BCUT2D eigenvalue weighted by Crippen LogP contribution is -2.32. The van der Waals surface area contributed by atoms with E-state index in [2.05, 4.69) is 12.2 Å². The molecule has 2 aliphatic carbocycles. The zero-order chi connectivity index (χ0) is 20.8. The van der Waals surface area contributed by atoms with Gasteiger partial charge in [0.25, 0.3) is 0 Å². The summed E-state index contributed by atoms with van der Waals surface area (Å²) in [5.41, 5.74) is 0.983. The number of ether oxygens (including phenoxy) is 2. The van der Waals surface area contributed by atoms with Crippen LogP contribution in [0.25, 0.3) is 0 Å². The first kappa shape index (κ1) is 18.6. The minimum atomic E-state index is -0.244. The molecule has 0 radical (unpaired) electrons. The summed E-state index contributed by atoms with van der Waals surface area (Å²) in [4.78, 5) is 39.7. The summed E-state index contributed by atoms with van der Waals surface area (Å²) < 4.78 is 10.8. The lowest BCUT2D eigenvalue weighted by atomic mass is 9.85. The van der Waals surface area contributed by atoms with Crippen LogP contribution in [-0.4, -0.2) is 31.3 Å². The number of carbonyl (C=O) groups excluding carboxylic acids is 3. The van der Waals surface area contributed by atoms with Gasteiger partial charge in [0.1, 0.15) is 11.5 Å². The Bertz CT molecular complexity index is 1040. The lowest BCUT2D eigenvalue weighted by molar-refractivity contribution is -0.123. The van der Waals surface area contributed by atoms with Gasteiger partial charge in [-0.15, -0.1) is 0 Å². The summed E-state index contributed by atoms with van der Waals surface area (Å²) in [6.45, 7) is -0.155. The average Bonchev–Trinajstić information content (AvgIpc) is 3.46. The molecule has 3 aliphatic rings. The highest BCUT2D eigenvalue weighted by atomic mass is 16.5. The number of imide groups is 1. The number of methoxy groups -OCH3 is 1. The van der Waals surface area contributed by atoms with E-state index in [1.54, 1.807) is 55.6 Å². The van der Waals surface area contributed by atoms with Crippen LogP contribution in [0.4, 0.5) is 5.69 Å². The van der Waals surface area contributed by atoms with Crippen molar-refractivity contribution < 1.29 is 23.9 Å². The first-order valence-electron chi connectivity index (χ1n) is 10.0. The minimum absolute atomic E-state index is 0.133. The summed E-state index contributed by atoms with van der Waals surface area (Å²) >= 11 is 0. The molecule has 2 bridgehead atoms. The second-order valence-electron chi connectivity index (χ2n) is 7.95. The first-order valence-corrected chi connectivity index (χ1v) is 10.0. The minimum Gasteiger partial charge on any atom is -0.497 e. The summed E-state index contributed by atoms with van der Waals surface area (Å²) in [7, 11) is 1.54. The number of ketones is 1. The molecule has 4 atom stereocenters. The van der Waals surface area contributed by atoms with Crippen LogP contribution in [0.15, 0.2) is 60.7 Å². The number of benzene rings is 2. The summed E-state index contributed by atoms with van der Waals surface area (Å²) in [5, 5.41) is 0. The topological polar surface area (TPSA) is 72.9 Å². The molecule has 0 aromatic heterocycles. The maximum Gasteiger partial charge on any atom is 0.238 e. The van der Waals surface area contributed by atoms with Crippen molar-refractivity contribution in [2.75, 3.05) is 18.6 Å². The number of nitrogens with zero attached hydrogens (tertiary/aromatic N) is 1. The van der Waals surface area contributed by atoms with Crippen molar-refractivity contribution in [2.24, 2.45) is 23.7 Å². The number of hydrogen-bond donors (Lipinski definition) is 0. The lowest BCUT2D eigenvalue weighted by Gasteiger charge is -2.18. The van der Waals surface area contributed by atoms with Crippen molar-refractivity contribution in [3.63, 3.8) is 0 Å². The van der Waals surface area contributed by atoms with Crippen molar-refractivity contribution in [3.8, 4) is 11.5 Å². The van der Waals surface area contributed by atoms with E-state index in [4.69, 9.17) is 9.47 Å². The Morgan fingerprint density at radius 2 is 1.63 bits per heavy atom. The molecule has 2 aromatic rings. The van der Waals surface area contributed by atoms with E-state index in [0.29, 0.717) is 22.7 Å². The fourth-order valence-corrected chi connectivity index (χ4v) is 4.90. The van der Waals surface area contributed by atoms with Crippen LogP contribution in [0, 0.1) is 23.7 Å². The van der Waals surface area contributed by atoms with Crippen LogP contribution < -0.4 is 14.4 Å². The fraction of sp³-hybridized carbons (Fsp3) is 0.292. The molecular formula is C24H21NO5. The van der Waals surface area contributed by atoms with Crippen molar-refractivity contribution in [2.45, 2.75) is 6.42 Å².